The number of carbonyl (C=O) groups excluding carboxylic acids is 1. The molecule has 0 saturated carbocycles. The fourth-order valence-electron chi connectivity index (χ4n) is 2.15. The Morgan fingerprint density at radius 2 is 1.76 bits per heavy atom. The molecule has 1 amide bonds. The molecule has 2 aromatic rings. The summed E-state index contributed by atoms with van der Waals surface area (Å²) in [6.45, 7) is 4.82. The predicted octanol–water partition coefficient (Wildman–Crippen LogP) is 4.49. The molecule has 0 unspecified atom stereocenters. The second-order valence-electron chi connectivity index (χ2n) is 4.93. The lowest BCUT2D eigenvalue weighted by molar-refractivity contribution is 0.139. The topological polar surface area (TPSA) is 38.3 Å². The fraction of sp³-hybridized carbons (Fsp3) is 0.235. The number of benzene rings is 2. The number of hydrogen-bond acceptors (Lipinski definition) is 2. The maximum atomic E-state index is 11.7. The lowest BCUT2D eigenvalue weighted by Crippen LogP contribution is -2.24. The first-order valence-corrected chi connectivity index (χ1v) is 7.55. The van der Waals surface area contributed by atoms with Crippen LogP contribution in [0.2, 0.25) is 0 Å². The van der Waals surface area contributed by atoms with Crippen molar-refractivity contribution in [1.82, 2.24) is 5.32 Å². The van der Waals surface area contributed by atoms with Crippen molar-refractivity contribution in [3.8, 4) is 0 Å². The maximum absolute atomic E-state index is 11.7. The highest BCUT2D eigenvalue weighted by Crippen LogP contribution is 2.20. The average molecular weight is 348 g/mol. The Labute approximate surface area is 133 Å². The van der Waals surface area contributed by atoms with Gasteiger partial charge in [0.15, 0.2) is 0 Å². The second-order valence-corrected chi connectivity index (χ2v) is 5.85. The van der Waals surface area contributed by atoms with Gasteiger partial charge in [0.05, 0.1) is 0 Å². The van der Waals surface area contributed by atoms with E-state index in [0.717, 1.165) is 26.7 Å². The average Bonchev–Trinajstić information content (AvgIpc) is 2.45. The number of hydrogen-bond donors (Lipinski definition) is 1. The van der Waals surface area contributed by atoms with Crippen molar-refractivity contribution in [3.63, 3.8) is 0 Å². The third-order valence-corrected chi connectivity index (χ3v) is 3.74. The Balaban J connectivity index is 1.87. The van der Waals surface area contributed by atoms with Crippen LogP contribution in [0.5, 0.6) is 0 Å². The van der Waals surface area contributed by atoms with Crippen LogP contribution in [-0.2, 0) is 17.9 Å². The minimum absolute atomic E-state index is 0.283. The van der Waals surface area contributed by atoms with Crippen molar-refractivity contribution in [1.29, 1.82) is 0 Å². The van der Waals surface area contributed by atoms with E-state index < -0.39 is 6.09 Å². The Kier molecular flexibility index (Phi) is 5.39. The number of rotatable bonds is 4. The quantitative estimate of drug-likeness (QED) is 0.884. The van der Waals surface area contributed by atoms with Gasteiger partial charge < -0.3 is 10.1 Å². The first kappa shape index (κ1) is 15.6. The molecule has 21 heavy (non-hydrogen) atoms. The molecule has 0 aliphatic carbocycles. The van der Waals surface area contributed by atoms with Gasteiger partial charge in [0, 0.05) is 11.0 Å². The van der Waals surface area contributed by atoms with Crippen LogP contribution in [0.3, 0.4) is 0 Å². The molecular weight excluding hydrogens is 330 g/mol. The van der Waals surface area contributed by atoms with E-state index in [2.05, 4.69) is 21.2 Å². The summed E-state index contributed by atoms with van der Waals surface area (Å²) in [5, 5.41) is 2.79. The zero-order valence-electron chi connectivity index (χ0n) is 12.2. The minimum atomic E-state index is -0.402. The Bertz CT molecular complexity index is 603. The van der Waals surface area contributed by atoms with E-state index in [-0.39, 0.29) is 6.61 Å². The molecule has 0 radical (unpaired) electrons. The fourth-order valence-corrected chi connectivity index (χ4v) is 2.84. The van der Waals surface area contributed by atoms with E-state index in [9.17, 15) is 4.79 Å². The summed E-state index contributed by atoms with van der Waals surface area (Å²) in [6, 6.07) is 13.7. The van der Waals surface area contributed by atoms with Gasteiger partial charge in [-0.15, -0.1) is 0 Å². The third kappa shape index (κ3) is 4.60. The Morgan fingerprint density at radius 1 is 1.14 bits per heavy atom. The van der Waals surface area contributed by atoms with E-state index in [1.54, 1.807) is 0 Å². The number of nitrogens with one attached hydrogen (secondary N) is 1. The molecule has 0 aromatic heterocycles. The highest BCUT2D eigenvalue weighted by atomic mass is 79.9. The van der Waals surface area contributed by atoms with E-state index in [4.69, 9.17) is 4.74 Å². The number of alkyl carbamates (subject to hydrolysis) is 1. The van der Waals surface area contributed by atoms with E-state index in [1.165, 1.54) is 0 Å². The summed E-state index contributed by atoms with van der Waals surface area (Å²) < 4.78 is 6.24. The second kappa shape index (κ2) is 7.27. The normalized spacial score (nSPS) is 10.2. The van der Waals surface area contributed by atoms with Crippen LogP contribution in [0.4, 0.5) is 4.79 Å². The number of aryl methyl sites for hydroxylation is 2. The highest BCUT2D eigenvalue weighted by molar-refractivity contribution is 9.10. The van der Waals surface area contributed by atoms with E-state index in [1.807, 2.05) is 56.3 Å². The molecule has 2 aromatic carbocycles. The molecule has 0 aliphatic heterocycles. The number of amides is 1. The largest absolute Gasteiger partial charge is 0.445 e. The molecule has 0 aliphatic rings. The van der Waals surface area contributed by atoms with Crippen molar-refractivity contribution < 1.29 is 9.53 Å². The van der Waals surface area contributed by atoms with Crippen molar-refractivity contribution in [2.75, 3.05) is 0 Å². The van der Waals surface area contributed by atoms with Crippen LogP contribution in [-0.4, -0.2) is 6.09 Å². The Morgan fingerprint density at radius 3 is 2.38 bits per heavy atom. The smallest absolute Gasteiger partial charge is 0.407 e. The molecule has 0 atom stereocenters. The first-order valence-electron chi connectivity index (χ1n) is 6.76. The molecule has 2 rings (SSSR count). The van der Waals surface area contributed by atoms with Crippen LogP contribution in [0.25, 0.3) is 0 Å². The molecule has 0 bridgehead atoms. The summed E-state index contributed by atoms with van der Waals surface area (Å²) in [4.78, 5) is 11.7. The SMILES string of the molecule is Cc1cc(Br)cc(C)c1CNC(=O)OCc1ccccc1. The van der Waals surface area contributed by atoms with Gasteiger partial charge in [-0.2, -0.15) is 0 Å². The summed E-state index contributed by atoms with van der Waals surface area (Å²) >= 11 is 3.47. The van der Waals surface area contributed by atoms with Gasteiger partial charge >= 0.3 is 6.09 Å². The van der Waals surface area contributed by atoms with Crippen LogP contribution in [0.15, 0.2) is 46.9 Å². The van der Waals surface area contributed by atoms with Crippen molar-refractivity contribution >= 4 is 22.0 Å². The van der Waals surface area contributed by atoms with Crippen molar-refractivity contribution in [2.24, 2.45) is 0 Å². The summed E-state index contributed by atoms with van der Waals surface area (Å²) in [7, 11) is 0. The maximum Gasteiger partial charge on any atom is 0.407 e. The van der Waals surface area contributed by atoms with Crippen LogP contribution in [0, 0.1) is 13.8 Å². The van der Waals surface area contributed by atoms with Gasteiger partial charge in [-0.05, 0) is 48.2 Å². The number of halogens is 1. The molecule has 0 saturated heterocycles. The van der Waals surface area contributed by atoms with Gasteiger partial charge in [0.2, 0.25) is 0 Å². The van der Waals surface area contributed by atoms with Crippen LogP contribution in [0.1, 0.15) is 22.3 Å². The lowest BCUT2D eigenvalue weighted by Gasteiger charge is -2.12. The standard InChI is InChI=1S/C17H18BrNO2/c1-12-8-15(18)9-13(2)16(12)10-19-17(20)21-11-14-6-4-3-5-7-14/h3-9H,10-11H2,1-2H3,(H,19,20). The van der Waals surface area contributed by atoms with Gasteiger partial charge in [-0.25, -0.2) is 4.79 Å². The summed E-state index contributed by atoms with van der Waals surface area (Å²) in [6.07, 6.45) is -0.402. The Hall–Kier alpha value is -1.81. The molecule has 0 heterocycles. The van der Waals surface area contributed by atoms with E-state index >= 15 is 0 Å². The lowest BCUT2D eigenvalue weighted by atomic mass is 10.0. The molecule has 0 fully saturated rings. The van der Waals surface area contributed by atoms with Gasteiger partial charge in [-0.3, -0.25) is 0 Å². The molecule has 4 heteroatoms. The van der Waals surface area contributed by atoms with Gasteiger partial charge in [-0.1, -0.05) is 46.3 Å². The molecule has 0 spiro atoms. The third-order valence-electron chi connectivity index (χ3n) is 3.28. The predicted molar refractivity (Wildman–Crippen MR) is 87.1 cm³/mol. The van der Waals surface area contributed by atoms with Crippen LogP contribution >= 0.6 is 15.9 Å². The molecular formula is C17H18BrNO2. The zero-order valence-corrected chi connectivity index (χ0v) is 13.7. The molecule has 110 valence electrons. The summed E-state index contributed by atoms with van der Waals surface area (Å²) in [5.41, 5.74) is 4.38. The van der Waals surface area contributed by atoms with E-state index in [0.29, 0.717) is 6.54 Å². The molecule has 3 nitrogen and oxygen atoms in total. The monoisotopic (exact) mass is 347 g/mol. The van der Waals surface area contributed by atoms with Gasteiger partial charge in [0.1, 0.15) is 6.61 Å². The van der Waals surface area contributed by atoms with Crippen molar-refractivity contribution in [2.45, 2.75) is 27.0 Å². The van der Waals surface area contributed by atoms with Crippen molar-refractivity contribution in [3.05, 3.63) is 69.2 Å². The minimum Gasteiger partial charge on any atom is -0.445 e. The number of ether oxygens (including phenoxy) is 1. The first-order chi connectivity index (χ1) is 10.1. The zero-order chi connectivity index (χ0) is 15.2. The van der Waals surface area contributed by atoms with Crippen LogP contribution < -0.4 is 5.32 Å². The van der Waals surface area contributed by atoms with Gasteiger partial charge in [0.25, 0.3) is 0 Å². The highest BCUT2D eigenvalue weighted by Gasteiger charge is 2.07. The molecule has 1 N–H and O–H groups in total. The summed E-state index contributed by atoms with van der Waals surface area (Å²) in [5.74, 6) is 0. The number of carbonyl (C=O) groups is 1.